The molecule has 0 unspecified atom stereocenters. The van der Waals surface area contributed by atoms with Gasteiger partial charge in [0.1, 0.15) is 12.4 Å². The lowest BCUT2D eigenvalue weighted by atomic mass is 10.1. The Morgan fingerprint density at radius 3 is 2.46 bits per heavy atom. The van der Waals surface area contributed by atoms with Crippen LogP contribution in [0.5, 0.6) is 0 Å². The van der Waals surface area contributed by atoms with E-state index in [0.29, 0.717) is 24.4 Å². The van der Waals surface area contributed by atoms with Crippen molar-refractivity contribution >= 4 is 23.5 Å². The zero-order chi connectivity index (χ0) is 20.7. The molecular formula is C19H24N2O7. The smallest absolute Gasteiger partial charge is 0.355 e. The molecule has 0 fully saturated rings. The van der Waals surface area contributed by atoms with Crippen LogP contribution in [-0.4, -0.2) is 65.7 Å². The fraction of sp³-hybridized carbons (Fsp3) is 0.421. The number of nitrogens with zero attached hydrogens (tertiary/aromatic N) is 1. The van der Waals surface area contributed by atoms with Gasteiger partial charge in [0, 0.05) is 24.9 Å². The van der Waals surface area contributed by atoms with Crippen LogP contribution in [0, 0.1) is 6.92 Å². The molecule has 0 radical (unpaired) electrons. The summed E-state index contributed by atoms with van der Waals surface area (Å²) in [6.07, 6.45) is 0. The minimum atomic E-state index is -0.676. The van der Waals surface area contributed by atoms with Crippen LogP contribution in [-0.2, 0) is 28.5 Å². The highest BCUT2D eigenvalue weighted by molar-refractivity contribution is 6.03. The van der Waals surface area contributed by atoms with Crippen molar-refractivity contribution in [3.63, 3.8) is 0 Å². The highest BCUT2D eigenvalue weighted by atomic mass is 16.5. The minimum absolute atomic E-state index is 0.0468. The standard InChI is InChI=1S/C19H24N2O7/c1-12-9-13(17(22)20-7-8-25-2)5-6-15(12)21-11-28-10-14(18(23)26-3)16(21)19(24)27-4/h5-6,9H,7-8,10-11H2,1-4H3,(H,20,22). The van der Waals surface area contributed by atoms with Crippen molar-refractivity contribution in [1.29, 1.82) is 0 Å². The topological polar surface area (TPSA) is 103 Å². The monoisotopic (exact) mass is 392 g/mol. The van der Waals surface area contributed by atoms with Gasteiger partial charge in [-0.1, -0.05) is 0 Å². The summed E-state index contributed by atoms with van der Waals surface area (Å²) < 4.78 is 20.0. The van der Waals surface area contributed by atoms with Crippen molar-refractivity contribution < 1.29 is 33.3 Å². The number of nitrogens with one attached hydrogen (secondary N) is 1. The van der Waals surface area contributed by atoms with Gasteiger partial charge in [-0.15, -0.1) is 0 Å². The van der Waals surface area contributed by atoms with E-state index in [2.05, 4.69) is 5.32 Å². The molecule has 1 aliphatic rings. The van der Waals surface area contributed by atoms with E-state index in [1.165, 1.54) is 19.1 Å². The van der Waals surface area contributed by atoms with Gasteiger partial charge >= 0.3 is 11.9 Å². The number of anilines is 1. The number of aryl methyl sites for hydroxylation is 1. The van der Waals surface area contributed by atoms with Crippen molar-refractivity contribution in [3.8, 4) is 0 Å². The third-order valence-corrected chi connectivity index (χ3v) is 4.17. The number of methoxy groups -OCH3 is 3. The SMILES string of the molecule is COCCNC(=O)c1ccc(N2COCC(C(=O)OC)=C2C(=O)OC)c(C)c1. The van der Waals surface area contributed by atoms with E-state index < -0.39 is 11.9 Å². The number of amides is 1. The van der Waals surface area contributed by atoms with Gasteiger partial charge in [-0.05, 0) is 30.7 Å². The number of carbonyl (C=O) groups is 3. The molecule has 28 heavy (non-hydrogen) atoms. The average molecular weight is 392 g/mol. The van der Waals surface area contributed by atoms with E-state index in [4.69, 9.17) is 18.9 Å². The zero-order valence-corrected chi connectivity index (χ0v) is 16.4. The fourth-order valence-electron chi connectivity index (χ4n) is 2.80. The maximum absolute atomic E-state index is 12.4. The van der Waals surface area contributed by atoms with Gasteiger partial charge in [0.2, 0.25) is 0 Å². The number of ether oxygens (including phenoxy) is 4. The van der Waals surface area contributed by atoms with E-state index in [-0.39, 0.29) is 30.5 Å². The number of hydrogen-bond donors (Lipinski definition) is 1. The predicted octanol–water partition coefficient (Wildman–Crippen LogP) is 0.765. The van der Waals surface area contributed by atoms with Crippen LogP contribution in [0.1, 0.15) is 15.9 Å². The van der Waals surface area contributed by atoms with Gasteiger partial charge in [-0.2, -0.15) is 0 Å². The first-order valence-corrected chi connectivity index (χ1v) is 8.57. The summed E-state index contributed by atoms with van der Waals surface area (Å²) in [5.41, 5.74) is 1.92. The van der Waals surface area contributed by atoms with E-state index in [9.17, 15) is 14.4 Å². The summed E-state index contributed by atoms with van der Waals surface area (Å²) in [5, 5.41) is 2.74. The fourth-order valence-corrected chi connectivity index (χ4v) is 2.80. The molecule has 0 spiro atoms. The second kappa shape index (κ2) is 9.86. The molecule has 1 aromatic rings. The third-order valence-electron chi connectivity index (χ3n) is 4.17. The lowest BCUT2D eigenvalue weighted by Crippen LogP contribution is -2.39. The molecule has 1 aromatic carbocycles. The van der Waals surface area contributed by atoms with Gasteiger partial charge in [-0.25, -0.2) is 9.59 Å². The Bertz CT molecular complexity index is 788. The van der Waals surface area contributed by atoms with Crippen molar-refractivity contribution in [2.24, 2.45) is 0 Å². The van der Waals surface area contributed by atoms with Crippen LogP contribution in [0.15, 0.2) is 29.5 Å². The largest absolute Gasteiger partial charge is 0.466 e. The summed E-state index contributed by atoms with van der Waals surface area (Å²) in [7, 11) is 4.02. The Kier molecular flexibility index (Phi) is 7.53. The van der Waals surface area contributed by atoms with E-state index in [1.807, 2.05) is 0 Å². The zero-order valence-electron chi connectivity index (χ0n) is 16.4. The van der Waals surface area contributed by atoms with Gasteiger partial charge in [-0.3, -0.25) is 4.79 Å². The van der Waals surface area contributed by atoms with Crippen LogP contribution in [0.2, 0.25) is 0 Å². The molecule has 1 aliphatic heterocycles. The molecule has 152 valence electrons. The van der Waals surface area contributed by atoms with Crippen molar-refractivity contribution in [3.05, 3.63) is 40.6 Å². The Labute approximate surface area is 163 Å². The summed E-state index contributed by atoms with van der Waals surface area (Å²) in [6.45, 7) is 2.59. The second-order valence-electron chi connectivity index (χ2n) is 5.97. The van der Waals surface area contributed by atoms with Gasteiger partial charge in [0.25, 0.3) is 5.91 Å². The van der Waals surface area contributed by atoms with Gasteiger partial charge in [0.05, 0.1) is 33.0 Å². The molecule has 0 bridgehead atoms. The summed E-state index contributed by atoms with van der Waals surface area (Å²) in [4.78, 5) is 38.2. The van der Waals surface area contributed by atoms with Crippen LogP contribution in [0.25, 0.3) is 0 Å². The highest BCUT2D eigenvalue weighted by Crippen LogP contribution is 2.29. The van der Waals surface area contributed by atoms with E-state index in [1.54, 1.807) is 32.2 Å². The number of hydrogen-bond acceptors (Lipinski definition) is 8. The molecule has 1 N–H and O–H groups in total. The normalized spacial score (nSPS) is 13.9. The Morgan fingerprint density at radius 1 is 1.14 bits per heavy atom. The molecule has 0 atom stereocenters. The lowest BCUT2D eigenvalue weighted by molar-refractivity contribution is -0.140. The quantitative estimate of drug-likeness (QED) is 0.536. The van der Waals surface area contributed by atoms with Gasteiger partial charge in [0.15, 0.2) is 0 Å². The molecule has 0 aliphatic carbocycles. The molecular weight excluding hydrogens is 368 g/mol. The highest BCUT2D eigenvalue weighted by Gasteiger charge is 2.33. The van der Waals surface area contributed by atoms with E-state index in [0.717, 1.165) is 5.56 Å². The average Bonchev–Trinajstić information content (AvgIpc) is 2.72. The number of rotatable bonds is 7. The summed E-state index contributed by atoms with van der Waals surface area (Å²) in [6, 6.07) is 5.01. The number of benzene rings is 1. The van der Waals surface area contributed by atoms with Crippen molar-refractivity contribution in [1.82, 2.24) is 5.32 Å². The molecule has 1 heterocycles. The molecule has 2 rings (SSSR count). The number of carbonyl (C=O) groups excluding carboxylic acids is 3. The second-order valence-corrected chi connectivity index (χ2v) is 5.97. The van der Waals surface area contributed by atoms with Crippen molar-refractivity contribution in [2.75, 3.05) is 52.7 Å². The maximum Gasteiger partial charge on any atom is 0.355 e. The first kappa shape index (κ1) is 21.4. The molecule has 9 heteroatoms. The molecule has 9 nitrogen and oxygen atoms in total. The molecule has 1 amide bonds. The molecule has 0 aromatic heterocycles. The van der Waals surface area contributed by atoms with Crippen LogP contribution in [0.4, 0.5) is 5.69 Å². The Balaban J connectivity index is 2.38. The number of esters is 2. The first-order chi connectivity index (χ1) is 13.4. The molecule has 0 saturated carbocycles. The summed E-state index contributed by atoms with van der Waals surface area (Å²) in [5.74, 6) is -1.58. The van der Waals surface area contributed by atoms with Crippen LogP contribution in [0.3, 0.4) is 0 Å². The minimum Gasteiger partial charge on any atom is -0.466 e. The Hall–Kier alpha value is -2.91. The first-order valence-electron chi connectivity index (χ1n) is 8.57. The Morgan fingerprint density at radius 2 is 1.86 bits per heavy atom. The van der Waals surface area contributed by atoms with E-state index >= 15 is 0 Å². The maximum atomic E-state index is 12.4. The predicted molar refractivity (Wildman–Crippen MR) is 99.7 cm³/mol. The third kappa shape index (κ3) is 4.68. The lowest BCUT2D eigenvalue weighted by Gasteiger charge is -2.32. The van der Waals surface area contributed by atoms with Crippen molar-refractivity contribution in [2.45, 2.75) is 6.92 Å². The van der Waals surface area contributed by atoms with Crippen LogP contribution >= 0.6 is 0 Å². The van der Waals surface area contributed by atoms with Gasteiger partial charge < -0.3 is 29.2 Å². The molecule has 0 saturated heterocycles. The summed E-state index contributed by atoms with van der Waals surface area (Å²) >= 11 is 0. The van der Waals surface area contributed by atoms with Crippen LogP contribution < -0.4 is 10.2 Å².